The maximum Gasteiger partial charge on any atom is 0.257 e. The van der Waals surface area contributed by atoms with Crippen molar-refractivity contribution in [2.45, 2.75) is 37.8 Å². The van der Waals surface area contributed by atoms with E-state index in [1.807, 2.05) is 6.07 Å². The first-order valence-corrected chi connectivity index (χ1v) is 13.6. The number of nitrogens with zero attached hydrogens (tertiary/aromatic N) is 3. The van der Waals surface area contributed by atoms with E-state index in [1.165, 1.54) is 30.5 Å². The number of nitrogens with one attached hydrogen (secondary N) is 2. The van der Waals surface area contributed by atoms with Gasteiger partial charge in [0.05, 0.1) is 16.9 Å². The van der Waals surface area contributed by atoms with Gasteiger partial charge >= 0.3 is 0 Å². The number of hydrogen-bond donors (Lipinski definition) is 3. The maximum absolute atomic E-state index is 13.3. The molecule has 0 atom stereocenters. The molecule has 3 aromatic rings. The third-order valence-corrected chi connectivity index (χ3v) is 7.54. The lowest BCUT2D eigenvalue weighted by Gasteiger charge is -2.37. The van der Waals surface area contributed by atoms with Crippen LogP contribution in [0.4, 0.5) is 15.8 Å². The van der Waals surface area contributed by atoms with Crippen LogP contribution in [0.1, 0.15) is 56.8 Å². The number of amides is 3. The Balaban J connectivity index is 1.32. The lowest BCUT2D eigenvalue weighted by molar-refractivity contribution is 0.0746. The van der Waals surface area contributed by atoms with Gasteiger partial charge in [-0.1, -0.05) is 0 Å². The summed E-state index contributed by atoms with van der Waals surface area (Å²) in [5, 5.41) is 6.07. The normalized spacial score (nSPS) is 19.1. The first-order chi connectivity index (χ1) is 19.4. The van der Waals surface area contributed by atoms with Crippen LogP contribution in [0.3, 0.4) is 0 Å². The second kappa shape index (κ2) is 12.3. The van der Waals surface area contributed by atoms with E-state index in [9.17, 15) is 18.8 Å². The molecule has 1 saturated carbocycles. The highest BCUT2D eigenvalue weighted by Gasteiger charge is 2.26. The van der Waals surface area contributed by atoms with Crippen molar-refractivity contribution in [3.8, 4) is 0 Å². The predicted octanol–water partition coefficient (Wildman–Crippen LogP) is 3.44. The summed E-state index contributed by atoms with van der Waals surface area (Å²) in [7, 11) is 0. The Hall–Kier alpha value is -4.31. The molecular weight excluding hydrogens is 511 g/mol. The molecule has 3 amide bonds. The summed E-state index contributed by atoms with van der Waals surface area (Å²) in [4.78, 5) is 46.9. The highest BCUT2D eigenvalue weighted by Crippen LogP contribution is 2.30. The zero-order valence-electron chi connectivity index (χ0n) is 22.2. The predicted molar refractivity (Wildman–Crippen MR) is 151 cm³/mol. The number of carbonyl (C=O) groups is 3. The van der Waals surface area contributed by atoms with Crippen LogP contribution in [-0.4, -0.2) is 65.9 Å². The minimum Gasteiger partial charge on any atom is -0.366 e. The van der Waals surface area contributed by atoms with Crippen LogP contribution in [0.25, 0.3) is 0 Å². The third-order valence-electron chi connectivity index (χ3n) is 7.54. The van der Waals surface area contributed by atoms with Crippen LogP contribution in [0.2, 0.25) is 0 Å². The zero-order chi connectivity index (χ0) is 28.1. The summed E-state index contributed by atoms with van der Waals surface area (Å²) < 4.78 is 13.3. The van der Waals surface area contributed by atoms with E-state index in [2.05, 4.69) is 20.5 Å². The van der Waals surface area contributed by atoms with Crippen molar-refractivity contribution in [1.82, 2.24) is 15.2 Å². The first kappa shape index (κ1) is 27.3. The number of piperazine rings is 1. The number of benzene rings is 2. The van der Waals surface area contributed by atoms with Gasteiger partial charge in [0, 0.05) is 61.8 Å². The fourth-order valence-corrected chi connectivity index (χ4v) is 5.20. The van der Waals surface area contributed by atoms with Gasteiger partial charge in [-0.25, -0.2) is 4.39 Å². The Bertz CT molecular complexity index is 1350. The summed E-state index contributed by atoms with van der Waals surface area (Å²) in [5.74, 6) is -1.07. The Kier molecular flexibility index (Phi) is 8.35. The van der Waals surface area contributed by atoms with Crippen molar-refractivity contribution < 1.29 is 18.8 Å². The zero-order valence-corrected chi connectivity index (χ0v) is 22.2. The van der Waals surface area contributed by atoms with Crippen LogP contribution in [0.15, 0.2) is 67.0 Å². The van der Waals surface area contributed by atoms with Crippen molar-refractivity contribution in [2.75, 3.05) is 36.4 Å². The van der Waals surface area contributed by atoms with Crippen LogP contribution in [0.5, 0.6) is 0 Å². The molecule has 0 bridgehead atoms. The second-order valence-electron chi connectivity index (χ2n) is 10.3. The largest absolute Gasteiger partial charge is 0.366 e. The van der Waals surface area contributed by atoms with E-state index in [0.717, 1.165) is 31.4 Å². The molecule has 2 heterocycles. The van der Waals surface area contributed by atoms with E-state index >= 15 is 0 Å². The molecule has 0 unspecified atom stereocenters. The van der Waals surface area contributed by atoms with Gasteiger partial charge in [0.1, 0.15) is 5.82 Å². The van der Waals surface area contributed by atoms with Gasteiger partial charge in [-0.3, -0.25) is 19.4 Å². The van der Waals surface area contributed by atoms with Crippen molar-refractivity contribution in [2.24, 2.45) is 5.73 Å². The van der Waals surface area contributed by atoms with Gasteiger partial charge in [0.2, 0.25) is 0 Å². The number of hydrogen-bond acceptors (Lipinski definition) is 6. The molecule has 1 aromatic heterocycles. The van der Waals surface area contributed by atoms with Gasteiger partial charge in [-0.15, -0.1) is 0 Å². The van der Waals surface area contributed by atoms with Crippen molar-refractivity contribution >= 4 is 29.1 Å². The van der Waals surface area contributed by atoms with E-state index in [-0.39, 0.29) is 35.6 Å². The molecule has 0 spiro atoms. The molecule has 1 saturated heterocycles. The van der Waals surface area contributed by atoms with Crippen LogP contribution in [0, 0.1) is 5.82 Å². The summed E-state index contributed by atoms with van der Waals surface area (Å²) in [5.41, 5.74) is 8.55. The fourth-order valence-electron chi connectivity index (χ4n) is 5.20. The first-order valence-electron chi connectivity index (χ1n) is 13.6. The van der Waals surface area contributed by atoms with Gasteiger partial charge < -0.3 is 26.2 Å². The highest BCUT2D eigenvalue weighted by molar-refractivity contribution is 6.07. The van der Waals surface area contributed by atoms with E-state index in [4.69, 9.17) is 5.73 Å². The topological polar surface area (TPSA) is 121 Å². The fraction of sp³-hybridized carbons (Fsp3) is 0.333. The minimum absolute atomic E-state index is 0.0760. The molecule has 208 valence electrons. The SMILES string of the molecule is NC1CCC(NC(=O)c2ccc(N3CCN(C(=O)c4ccc(F)cc4)CC3)c(NC(=O)c3cccnc3)c2)CC1. The molecule has 0 radical (unpaired) electrons. The van der Waals surface area contributed by atoms with Gasteiger partial charge in [0.15, 0.2) is 0 Å². The Morgan fingerprint density at radius 2 is 1.55 bits per heavy atom. The van der Waals surface area contributed by atoms with Gasteiger partial charge in [0.25, 0.3) is 17.7 Å². The molecule has 2 aliphatic rings. The van der Waals surface area contributed by atoms with Gasteiger partial charge in [-0.05, 0) is 80.3 Å². The lowest BCUT2D eigenvalue weighted by atomic mass is 9.91. The van der Waals surface area contributed by atoms with Crippen molar-refractivity contribution in [3.63, 3.8) is 0 Å². The molecule has 40 heavy (non-hydrogen) atoms. The molecule has 2 fully saturated rings. The number of pyridine rings is 1. The third kappa shape index (κ3) is 6.45. The Morgan fingerprint density at radius 1 is 0.850 bits per heavy atom. The standard InChI is InChI=1S/C30H33FN6O3/c31-23-6-3-20(4-7-23)30(40)37-16-14-36(15-17-37)27-12-5-21(28(38)34-25-10-8-24(32)9-11-25)18-26(27)35-29(39)22-2-1-13-33-19-22/h1-7,12-13,18-19,24-25H,8-11,14-17,32H2,(H,34,38)(H,35,39). The van der Waals surface area contributed by atoms with E-state index in [1.54, 1.807) is 35.4 Å². The number of nitrogens with two attached hydrogens (primary N) is 1. The Labute approximate surface area is 232 Å². The number of carbonyl (C=O) groups excluding carboxylic acids is 3. The van der Waals surface area contributed by atoms with Crippen LogP contribution >= 0.6 is 0 Å². The molecule has 1 aliphatic carbocycles. The number of halogens is 1. The molecule has 2 aromatic carbocycles. The van der Waals surface area contributed by atoms with E-state index in [0.29, 0.717) is 48.6 Å². The molecule has 1 aliphatic heterocycles. The summed E-state index contributed by atoms with van der Waals surface area (Å²) in [6.07, 6.45) is 6.53. The van der Waals surface area contributed by atoms with Crippen LogP contribution in [-0.2, 0) is 0 Å². The minimum atomic E-state index is -0.387. The van der Waals surface area contributed by atoms with Crippen molar-refractivity contribution in [1.29, 1.82) is 0 Å². The Morgan fingerprint density at radius 3 is 2.23 bits per heavy atom. The monoisotopic (exact) mass is 544 g/mol. The number of aromatic nitrogens is 1. The molecule has 9 nitrogen and oxygen atoms in total. The average Bonchev–Trinajstić information content (AvgIpc) is 2.99. The summed E-state index contributed by atoms with van der Waals surface area (Å²) in [6.45, 7) is 1.96. The lowest BCUT2D eigenvalue weighted by Crippen LogP contribution is -2.49. The molecule has 10 heteroatoms. The molecule has 4 N–H and O–H groups in total. The maximum atomic E-state index is 13.3. The molecular formula is C30H33FN6O3. The second-order valence-corrected chi connectivity index (χ2v) is 10.3. The van der Waals surface area contributed by atoms with E-state index < -0.39 is 0 Å². The smallest absolute Gasteiger partial charge is 0.257 e. The number of anilines is 2. The number of rotatable bonds is 6. The summed E-state index contributed by atoms with van der Waals surface area (Å²) >= 11 is 0. The summed E-state index contributed by atoms with van der Waals surface area (Å²) in [6, 6.07) is 14.5. The van der Waals surface area contributed by atoms with Crippen LogP contribution < -0.4 is 21.3 Å². The van der Waals surface area contributed by atoms with Crippen molar-refractivity contribution in [3.05, 3.63) is 89.5 Å². The molecule has 5 rings (SSSR count). The van der Waals surface area contributed by atoms with Gasteiger partial charge in [-0.2, -0.15) is 0 Å². The highest BCUT2D eigenvalue weighted by atomic mass is 19.1. The average molecular weight is 545 g/mol. The quantitative estimate of drug-likeness (QED) is 0.437.